The zero-order valence-corrected chi connectivity index (χ0v) is 12.7. The molecule has 2 aromatic heterocycles. The molecule has 0 amide bonds. The number of hydrogen-bond donors (Lipinski definition) is 1. The topological polar surface area (TPSA) is 54.2 Å². The molecule has 0 radical (unpaired) electrons. The number of thiazole rings is 1. The van der Waals surface area contributed by atoms with E-state index in [9.17, 15) is 0 Å². The Morgan fingerprint density at radius 3 is 3.15 bits per heavy atom. The van der Waals surface area contributed by atoms with Gasteiger partial charge in [-0.05, 0) is 26.9 Å². The first-order valence-electron chi connectivity index (χ1n) is 6.95. The van der Waals surface area contributed by atoms with Crippen LogP contribution in [-0.4, -0.2) is 35.2 Å². The quantitative estimate of drug-likeness (QED) is 0.911. The Morgan fingerprint density at radius 2 is 2.40 bits per heavy atom. The van der Waals surface area contributed by atoms with Crippen LogP contribution in [0.25, 0.3) is 0 Å². The van der Waals surface area contributed by atoms with Gasteiger partial charge < -0.3 is 14.7 Å². The van der Waals surface area contributed by atoms with Crippen molar-refractivity contribution in [1.82, 2.24) is 20.4 Å². The molecule has 2 aromatic rings. The average Bonchev–Trinajstić information content (AvgIpc) is 3.06. The van der Waals surface area contributed by atoms with Gasteiger partial charge in [0, 0.05) is 42.7 Å². The standard InChI is InChI=1S/C14H20N4OS/c1-18(2)9-12-11-7-10(3-4-13(11)19-17-12)16-8-14-15-5-6-20-14/h5-6,10,16H,3-4,7-9H2,1-2H3. The summed E-state index contributed by atoms with van der Waals surface area (Å²) in [4.78, 5) is 6.44. The fourth-order valence-electron chi connectivity index (χ4n) is 2.63. The van der Waals surface area contributed by atoms with E-state index in [-0.39, 0.29) is 0 Å². The predicted octanol–water partition coefficient (Wildman–Crippen LogP) is 1.84. The Labute approximate surface area is 123 Å². The minimum absolute atomic E-state index is 0.492. The van der Waals surface area contributed by atoms with Gasteiger partial charge in [0.05, 0.1) is 0 Å². The molecule has 20 heavy (non-hydrogen) atoms. The minimum Gasteiger partial charge on any atom is -0.361 e. The number of fused-ring (bicyclic) bond motifs is 1. The van der Waals surface area contributed by atoms with E-state index in [1.165, 1.54) is 5.56 Å². The Hall–Kier alpha value is -1.24. The van der Waals surface area contributed by atoms with Gasteiger partial charge in [-0.3, -0.25) is 0 Å². The summed E-state index contributed by atoms with van der Waals surface area (Å²) < 4.78 is 5.47. The summed E-state index contributed by atoms with van der Waals surface area (Å²) in [6.07, 6.45) is 4.95. The number of nitrogens with one attached hydrogen (secondary N) is 1. The van der Waals surface area contributed by atoms with E-state index in [1.807, 2.05) is 11.6 Å². The fourth-order valence-corrected chi connectivity index (χ4v) is 3.20. The lowest BCUT2D eigenvalue weighted by molar-refractivity contribution is 0.340. The maximum atomic E-state index is 5.47. The van der Waals surface area contributed by atoms with Crippen LogP contribution >= 0.6 is 11.3 Å². The highest BCUT2D eigenvalue weighted by Gasteiger charge is 2.25. The van der Waals surface area contributed by atoms with Gasteiger partial charge in [0.25, 0.3) is 0 Å². The average molecular weight is 292 g/mol. The van der Waals surface area contributed by atoms with Crippen molar-refractivity contribution in [2.45, 2.75) is 38.4 Å². The molecule has 6 heteroatoms. The second-order valence-electron chi connectivity index (χ2n) is 5.52. The number of nitrogens with zero attached hydrogens (tertiary/aromatic N) is 3. The monoisotopic (exact) mass is 292 g/mol. The molecule has 2 heterocycles. The largest absolute Gasteiger partial charge is 0.361 e. The van der Waals surface area contributed by atoms with E-state index >= 15 is 0 Å². The second kappa shape index (κ2) is 6.03. The first-order chi connectivity index (χ1) is 9.72. The van der Waals surface area contributed by atoms with Crippen molar-refractivity contribution in [3.63, 3.8) is 0 Å². The van der Waals surface area contributed by atoms with Crippen LogP contribution in [0.5, 0.6) is 0 Å². The predicted molar refractivity (Wildman–Crippen MR) is 78.7 cm³/mol. The minimum atomic E-state index is 0.492. The van der Waals surface area contributed by atoms with Crippen molar-refractivity contribution >= 4 is 11.3 Å². The molecule has 1 unspecified atom stereocenters. The van der Waals surface area contributed by atoms with E-state index in [0.29, 0.717) is 6.04 Å². The molecule has 0 aliphatic heterocycles. The van der Waals surface area contributed by atoms with E-state index in [0.717, 1.165) is 48.8 Å². The van der Waals surface area contributed by atoms with Crippen molar-refractivity contribution in [3.05, 3.63) is 33.6 Å². The van der Waals surface area contributed by atoms with Crippen LogP contribution in [0.15, 0.2) is 16.1 Å². The SMILES string of the molecule is CN(C)Cc1noc2c1CC(NCc1nccs1)CC2. The van der Waals surface area contributed by atoms with Crippen LogP contribution in [-0.2, 0) is 25.9 Å². The summed E-state index contributed by atoms with van der Waals surface area (Å²) in [5.74, 6) is 1.08. The van der Waals surface area contributed by atoms with Crippen molar-refractivity contribution < 1.29 is 4.52 Å². The van der Waals surface area contributed by atoms with Gasteiger partial charge in [0.2, 0.25) is 0 Å². The highest BCUT2D eigenvalue weighted by Crippen LogP contribution is 2.25. The van der Waals surface area contributed by atoms with Crippen LogP contribution in [0, 0.1) is 0 Å². The van der Waals surface area contributed by atoms with Crippen LogP contribution in [0.2, 0.25) is 0 Å². The van der Waals surface area contributed by atoms with Gasteiger partial charge in [-0.1, -0.05) is 5.16 Å². The lowest BCUT2D eigenvalue weighted by atomic mass is 9.92. The highest BCUT2D eigenvalue weighted by molar-refractivity contribution is 7.09. The van der Waals surface area contributed by atoms with E-state index < -0.39 is 0 Å². The Bertz CT molecular complexity index is 550. The lowest BCUT2D eigenvalue weighted by Gasteiger charge is -2.22. The van der Waals surface area contributed by atoms with Crippen LogP contribution in [0.4, 0.5) is 0 Å². The molecule has 1 aliphatic carbocycles. The molecule has 1 atom stereocenters. The normalized spacial score (nSPS) is 18.4. The maximum absolute atomic E-state index is 5.47. The number of hydrogen-bond acceptors (Lipinski definition) is 6. The second-order valence-corrected chi connectivity index (χ2v) is 6.49. The molecule has 1 N–H and O–H groups in total. The molecule has 0 bridgehead atoms. The molecular weight excluding hydrogens is 272 g/mol. The summed E-state index contributed by atoms with van der Waals surface area (Å²) in [7, 11) is 4.12. The zero-order valence-electron chi connectivity index (χ0n) is 11.9. The molecule has 0 spiro atoms. The Morgan fingerprint density at radius 1 is 1.50 bits per heavy atom. The van der Waals surface area contributed by atoms with Gasteiger partial charge >= 0.3 is 0 Å². The molecule has 3 rings (SSSR count). The third kappa shape index (κ3) is 3.08. The molecular formula is C14H20N4OS. The molecule has 5 nitrogen and oxygen atoms in total. The molecule has 1 aliphatic rings. The van der Waals surface area contributed by atoms with Crippen LogP contribution < -0.4 is 5.32 Å². The first kappa shape index (κ1) is 13.7. The highest BCUT2D eigenvalue weighted by atomic mass is 32.1. The summed E-state index contributed by atoms with van der Waals surface area (Å²) in [6.45, 7) is 1.70. The molecule has 108 valence electrons. The summed E-state index contributed by atoms with van der Waals surface area (Å²) in [5, 5.41) is 11.0. The smallest absolute Gasteiger partial charge is 0.140 e. The van der Waals surface area contributed by atoms with Gasteiger partial charge in [-0.2, -0.15) is 0 Å². The molecule has 0 saturated heterocycles. The van der Waals surface area contributed by atoms with E-state index in [4.69, 9.17) is 4.52 Å². The number of aromatic nitrogens is 2. The van der Waals surface area contributed by atoms with Crippen LogP contribution in [0.3, 0.4) is 0 Å². The van der Waals surface area contributed by atoms with Crippen molar-refractivity contribution in [2.24, 2.45) is 0 Å². The maximum Gasteiger partial charge on any atom is 0.140 e. The van der Waals surface area contributed by atoms with Crippen molar-refractivity contribution in [2.75, 3.05) is 14.1 Å². The Kier molecular flexibility index (Phi) is 4.14. The van der Waals surface area contributed by atoms with Gasteiger partial charge in [-0.25, -0.2) is 4.98 Å². The van der Waals surface area contributed by atoms with E-state index in [2.05, 4.69) is 34.5 Å². The lowest BCUT2D eigenvalue weighted by Crippen LogP contribution is -2.34. The van der Waals surface area contributed by atoms with Crippen molar-refractivity contribution in [3.8, 4) is 0 Å². The summed E-state index contributed by atoms with van der Waals surface area (Å²) in [5.41, 5.74) is 2.40. The summed E-state index contributed by atoms with van der Waals surface area (Å²) >= 11 is 1.70. The molecule has 0 fully saturated rings. The third-order valence-electron chi connectivity index (χ3n) is 3.61. The van der Waals surface area contributed by atoms with Gasteiger partial charge in [0.1, 0.15) is 16.5 Å². The third-order valence-corrected chi connectivity index (χ3v) is 4.39. The Balaban J connectivity index is 1.63. The number of rotatable bonds is 5. The van der Waals surface area contributed by atoms with Gasteiger partial charge in [-0.15, -0.1) is 11.3 Å². The zero-order chi connectivity index (χ0) is 13.9. The first-order valence-corrected chi connectivity index (χ1v) is 7.83. The molecule has 0 saturated carbocycles. The summed E-state index contributed by atoms with van der Waals surface area (Å²) in [6, 6.07) is 0.492. The number of aryl methyl sites for hydroxylation is 1. The van der Waals surface area contributed by atoms with Gasteiger partial charge in [0.15, 0.2) is 0 Å². The van der Waals surface area contributed by atoms with Crippen molar-refractivity contribution in [1.29, 1.82) is 0 Å². The molecule has 0 aromatic carbocycles. The van der Waals surface area contributed by atoms with Crippen LogP contribution in [0.1, 0.15) is 28.4 Å². The van der Waals surface area contributed by atoms with E-state index in [1.54, 1.807) is 11.3 Å². The fraction of sp³-hybridized carbons (Fsp3) is 0.571.